The van der Waals surface area contributed by atoms with Crippen molar-refractivity contribution in [1.29, 1.82) is 0 Å². The average Bonchev–Trinajstić information content (AvgIpc) is 3.17. The molecular formula is C20H18F5N3O2. The van der Waals surface area contributed by atoms with Crippen molar-refractivity contribution in [2.75, 3.05) is 18.6 Å². The predicted octanol–water partition coefficient (Wildman–Crippen LogP) is 4.91. The van der Waals surface area contributed by atoms with E-state index in [0.29, 0.717) is 28.5 Å². The molecule has 1 heterocycles. The van der Waals surface area contributed by atoms with Gasteiger partial charge in [0.15, 0.2) is 12.4 Å². The summed E-state index contributed by atoms with van der Waals surface area (Å²) in [5, 5.41) is 4.14. The number of hydrogen-bond acceptors (Lipinski definition) is 4. The van der Waals surface area contributed by atoms with Crippen LogP contribution in [0.25, 0.3) is 0 Å². The van der Waals surface area contributed by atoms with Gasteiger partial charge in [0, 0.05) is 5.56 Å². The Labute approximate surface area is 169 Å². The van der Waals surface area contributed by atoms with Crippen molar-refractivity contribution in [3.63, 3.8) is 0 Å². The molecule has 160 valence electrons. The van der Waals surface area contributed by atoms with Crippen molar-refractivity contribution < 1.29 is 31.4 Å². The van der Waals surface area contributed by atoms with Gasteiger partial charge < -0.3 is 9.47 Å². The molecule has 0 saturated heterocycles. The second-order valence-corrected chi connectivity index (χ2v) is 6.55. The van der Waals surface area contributed by atoms with Crippen molar-refractivity contribution in [3.8, 4) is 0 Å². The highest BCUT2D eigenvalue weighted by Gasteiger charge is 2.57. The Hall–Kier alpha value is -3.01. The largest absolute Gasteiger partial charge is 0.469 e. The number of ether oxygens (including phenoxy) is 2. The zero-order chi connectivity index (χ0) is 21.8. The van der Waals surface area contributed by atoms with E-state index < -0.39 is 25.3 Å². The van der Waals surface area contributed by atoms with E-state index in [1.54, 1.807) is 25.1 Å². The molecule has 5 nitrogen and oxygen atoms in total. The van der Waals surface area contributed by atoms with Gasteiger partial charge in [-0.3, -0.25) is 5.43 Å². The number of anilines is 1. The molecule has 10 heteroatoms. The van der Waals surface area contributed by atoms with E-state index in [9.17, 15) is 22.0 Å². The zero-order valence-electron chi connectivity index (χ0n) is 15.8. The molecule has 0 spiro atoms. The van der Waals surface area contributed by atoms with E-state index in [1.807, 2.05) is 30.3 Å². The van der Waals surface area contributed by atoms with E-state index in [2.05, 4.69) is 20.3 Å². The van der Waals surface area contributed by atoms with Crippen molar-refractivity contribution >= 4 is 17.4 Å². The van der Waals surface area contributed by atoms with Crippen LogP contribution in [-0.4, -0.2) is 37.0 Å². The molecular weight excluding hydrogens is 409 g/mol. The average molecular weight is 427 g/mol. The molecule has 1 N–H and O–H groups in total. The summed E-state index contributed by atoms with van der Waals surface area (Å²) in [5.41, 5.74) is 5.22. The minimum atomic E-state index is -5.65. The maximum Gasteiger partial charge on any atom is 0.455 e. The Balaban J connectivity index is 1.62. The maximum absolute atomic E-state index is 13.0. The number of hydrogen-bond donors (Lipinski definition) is 1. The highest BCUT2D eigenvalue weighted by atomic mass is 19.4. The number of halogens is 5. The summed E-state index contributed by atoms with van der Waals surface area (Å²) in [5.74, 6) is -4.06. The number of amidine groups is 1. The number of nitrogens with one attached hydrogen (secondary N) is 1. The van der Waals surface area contributed by atoms with Crippen molar-refractivity contribution in [1.82, 2.24) is 0 Å². The number of nitrogens with zero attached hydrogens (tertiary/aromatic N) is 2. The first-order valence-electron chi connectivity index (χ1n) is 8.87. The maximum atomic E-state index is 13.0. The highest BCUT2D eigenvalue weighted by molar-refractivity contribution is 6.07. The molecule has 0 saturated carbocycles. The molecule has 0 unspecified atom stereocenters. The van der Waals surface area contributed by atoms with Crippen LogP contribution < -0.4 is 5.43 Å². The lowest BCUT2D eigenvalue weighted by Crippen LogP contribution is -2.40. The van der Waals surface area contributed by atoms with Crippen LogP contribution >= 0.6 is 0 Å². The summed E-state index contributed by atoms with van der Waals surface area (Å²) >= 11 is 0. The number of hydrazone groups is 1. The summed E-state index contributed by atoms with van der Waals surface area (Å²) in [6, 6.07) is 14.2. The van der Waals surface area contributed by atoms with E-state index in [-0.39, 0.29) is 6.61 Å². The Kier molecular flexibility index (Phi) is 6.35. The predicted molar refractivity (Wildman–Crippen MR) is 102 cm³/mol. The summed E-state index contributed by atoms with van der Waals surface area (Å²) in [6.07, 6.45) is -5.65. The van der Waals surface area contributed by atoms with E-state index in [0.717, 1.165) is 5.56 Å². The first-order chi connectivity index (χ1) is 14.2. The number of aryl methyl sites for hydroxylation is 1. The molecule has 0 aromatic heterocycles. The quantitative estimate of drug-likeness (QED) is 0.505. The second kappa shape index (κ2) is 8.78. The fourth-order valence-corrected chi connectivity index (χ4v) is 2.50. The van der Waals surface area contributed by atoms with Crippen molar-refractivity contribution in [2.24, 2.45) is 10.1 Å². The molecule has 2 aromatic carbocycles. The van der Waals surface area contributed by atoms with Gasteiger partial charge in [-0.05, 0) is 42.3 Å². The standard InChI is InChI=1S/C20H18F5N3O2/c1-13-7-8-16(9-15(13)10-29-12-19(21,22)20(23,24)25)27-28-17-11-30-18(26-17)14-5-3-2-4-6-14/h2-9,27H,10-12H2,1H3. The summed E-state index contributed by atoms with van der Waals surface area (Å²) in [7, 11) is 0. The highest BCUT2D eigenvalue weighted by Crippen LogP contribution is 2.35. The number of rotatable bonds is 7. The first kappa shape index (κ1) is 21.7. The summed E-state index contributed by atoms with van der Waals surface area (Å²) in [4.78, 5) is 4.28. The molecule has 0 atom stereocenters. The molecule has 30 heavy (non-hydrogen) atoms. The van der Waals surface area contributed by atoms with Crippen LogP contribution in [0.2, 0.25) is 0 Å². The lowest BCUT2D eigenvalue weighted by Gasteiger charge is -2.19. The molecule has 2 aromatic rings. The van der Waals surface area contributed by atoms with Crippen LogP contribution in [0.15, 0.2) is 58.6 Å². The van der Waals surface area contributed by atoms with Gasteiger partial charge in [0.1, 0.15) is 6.61 Å². The van der Waals surface area contributed by atoms with Gasteiger partial charge in [0.25, 0.3) is 0 Å². The summed E-state index contributed by atoms with van der Waals surface area (Å²) in [6.45, 7) is -0.281. The minimum absolute atomic E-state index is 0.172. The van der Waals surface area contributed by atoms with Crippen LogP contribution in [0.4, 0.5) is 27.6 Å². The minimum Gasteiger partial charge on any atom is -0.469 e. The van der Waals surface area contributed by atoms with Crippen LogP contribution in [0.5, 0.6) is 0 Å². The fraction of sp³-hybridized carbons (Fsp3) is 0.300. The van der Waals surface area contributed by atoms with Gasteiger partial charge in [0.2, 0.25) is 5.90 Å². The van der Waals surface area contributed by atoms with E-state index in [4.69, 9.17) is 4.74 Å². The molecule has 0 aliphatic carbocycles. The van der Waals surface area contributed by atoms with Crippen LogP contribution in [0, 0.1) is 6.92 Å². The van der Waals surface area contributed by atoms with Gasteiger partial charge in [0.05, 0.1) is 12.3 Å². The number of benzene rings is 2. The molecule has 3 rings (SSSR count). The molecule has 1 aliphatic rings. The van der Waals surface area contributed by atoms with Gasteiger partial charge in [-0.25, -0.2) is 0 Å². The third kappa shape index (κ3) is 5.32. The number of alkyl halides is 5. The molecule has 1 aliphatic heterocycles. The van der Waals surface area contributed by atoms with Gasteiger partial charge in [-0.1, -0.05) is 24.3 Å². The van der Waals surface area contributed by atoms with Gasteiger partial charge in [-0.15, -0.1) is 0 Å². The van der Waals surface area contributed by atoms with E-state index in [1.165, 1.54) is 0 Å². The Bertz CT molecular complexity index is 943. The SMILES string of the molecule is Cc1ccc(NN=C2COC(c3ccccc3)=N2)cc1COCC(F)(F)C(F)(F)F. The Morgan fingerprint density at radius 2 is 1.83 bits per heavy atom. The molecule has 0 radical (unpaired) electrons. The van der Waals surface area contributed by atoms with Crippen LogP contribution in [0.1, 0.15) is 16.7 Å². The van der Waals surface area contributed by atoms with Gasteiger partial charge >= 0.3 is 12.1 Å². The monoisotopic (exact) mass is 427 g/mol. The number of aliphatic imine (C=N–C) groups is 1. The molecule has 0 fully saturated rings. The Morgan fingerprint density at radius 1 is 1.10 bits per heavy atom. The molecule has 0 bridgehead atoms. The van der Waals surface area contributed by atoms with Crippen LogP contribution in [-0.2, 0) is 16.1 Å². The van der Waals surface area contributed by atoms with Crippen molar-refractivity contribution in [3.05, 3.63) is 65.2 Å². The lowest BCUT2D eigenvalue weighted by atomic mass is 10.1. The fourth-order valence-electron chi connectivity index (χ4n) is 2.50. The Morgan fingerprint density at radius 3 is 2.53 bits per heavy atom. The first-order valence-corrected chi connectivity index (χ1v) is 8.87. The van der Waals surface area contributed by atoms with E-state index >= 15 is 0 Å². The normalized spacial score (nSPS) is 15.8. The zero-order valence-corrected chi connectivity index (χ0v) is 15.8. The van der Waals surface area contributed by atoms with Crippen LogP contribution in [0.3, 0.4) is 0 Å². The third-order valence-electron chi connectivity index (χ3n) is 4.21. The summed E-state index contributed by atoms with van der Waals surface area (Å²) < 4.78 is 72.7. The third-order valence-corrected chi connectivity index (χ3v) is 4.21. The smallest absolute Gasteiger partial charge is 0.455 e. The van der Waals surface area contributed by atoms with Gasteiger partial charge in [-0.2, -0.15) is 32.0 Å². The second-order valence-electron chi connectivity index (χ2n) is 6.55. The molecule has 0 amide bonds. The topological polar surface area (TPSA) is 55.2 Å². The lowest BCUT2D eigenvalue weighted by molar-refractivity contribution is -0.297. The van der Waals surface area contributed by atoms with Crippen molar-refractivity contribution in [2.45, 2.75) is 25.6 Å².